The highest BCUT2D eigenvalue weighted by atomic mass is 32.2. The second-order valence-electron chi connectivity index (χ2n) is 7.00. The summed E-state index contributed by atoms with van der Waals surface area (Å²) in [6.45, 7) is 9.86. The van der Waals surface area contributed by atoms with Gasteiger partial charge < -0.3 is 5.32 Å². The summed E-state index contributed by atoms with van der Waals surface area (Å²) in [6, 6.07) is 2.90. The number of hydrogen-bond acceptors (Lipinski definition) is 3. The third-order valence-electron chi connectivity index (χ3n) is 5.09. The van der Waals surface area contributed by atoms with E-state index in [-0.39, 0.29) is 10.6 Å². The van der Waals surface area contributed by atoms with Crippen LogP contribution in [-0.4, -0.2) is 14.3 Å². The van der Waals surface area contributed by atoms with Crippen molar-refractivity contribution in [2.24, 2.45) is 0 Å². The fourth-order valence-corrected chi connectivity index (χ4v) is 4.90. The molecule has 2 N–H and O–H groups in total. The van der Waals surface area contributed by atoms with Gasteiger partial charge in [-0.25, -0.2) is 8.42 Å². The molecular weight excluding hydrogens is 405 g/mol. The van der Waals surface area contributed by atoms with Crippen LogP contribution < -0.4 is 10.0 Å². The van der Waals surface area contributed by atoms with Crippen LogP contribution in [0.15, 0.2) is 23.1 Å². The number of amides is 1. The van der Waals surface area contributed by atoms with Gasteiger partial charge in [-0.15, -0.1) is 0 Å². The van der Waals surface area contributed by atoms with Crippen LogP contribution in [-0.2, 0) is 21.0 Å². The second kappa shape index (κ2) is 7.70. The van der Waals surface area contributed by atoms with Crippen LogP contribution in [0.2, 0.25) is 0 Å². The highest BCUT2D eigenvalue weighted by Crippen LogP contribution is 2.38. The van der Waals surface area contributed by atoms with Crippen molar-refractivity contribution < 1.29 is 26.4 Å². The number of nitrogens with one attached hydrogen (secondary N) is 2. The van der Waals surface area contributed by atoms with Crippen molar-refractivity contribution in [2.75, 3.05) is 10.0 Å². The Balaban J connectivity index is 2.64. The number of rotatable bonds is 4. The van der Waals surface area contributed by atoms with E-state index >= 15 is 0 Å². The predicted molar refractivity (Wildman–Crippen MR) is 107 cm³/mol. The van der Waals surface area contributed by atoms with Gasteiger partial charge in [-0.3, -0.25) is 9.52 Å². The summed E-state index contributed by atoms with van der Waals surface area (Å²) < 4.78 is 68.8. The number of anilines is 2. The fraction of sp³-hybridized carbons (Fsp3) is 0.350. The molecule has 158 valence electrons. The van der Waals surface area contributed by atoms with Crippen molar-refractivity contribution in [3.8, 4) is 0 Å². The molecule has 0 fully saturated rings. The Hall–Kier alpha value is -2.55. The molecule has 0 bridgehead atoms. The Morgan fingerprint density at radius 2 is 1.38 bits per heavy atom. The Morgan fingerprint density at radius 1 is 0.897 bits per heavy atom. The van der Waals surface area contributed by atoms with Gasteiger partial charge in [0.25, 0.3) is 10.0 Å². The molecule has 0 heterocycles. The first kappa shape index (κ1) is 22.7. The lowest BCUT2D eigenvalue weighted by Crippen LogP contribution is -2.20. The minimum absolute atomic E-state index is 0.0304. The first-order valence-electron chi connectivity index (χ1n) is 8.75. The maximum absolute atomic E-state index is 13.5. The van der Waals surface area contributed by atoms with E-state index in [9.17, 15) is 26.4 Å². The van der Waals surface area contributed by atoms with Gasteiger partial charge >= 0.3 is 6.18 Å². The Morgan fingerprint density at radius 3 is 1.83 bits per heavy atom. The molecular formula is C20H23F3N2O3S. The number of halogens is 3. The average molecular weight is 428 g/mol. The minimum Gasteiger partial charge on any atom is -0.326 e. The highest BCUT2D eigenvalue weighted by Gasteiger charge is 2.35. The maximum Gasteiger partial charge on any atom is 0.418 e. The van der Waals surface area contributed by atoms with Crippen LogP contribution in [0.5, 0.6) is 0 Å². The molecule has 0 saturated carbocycles. The molecule has 2 aromatic carbocycles. The number of hydrogen-bond donors (Lipinski definition) is 2. The van der Waals surface area contributed by atoms with Crippen molar-refractivity contribution in [1.82, 2.24) is 0 Å². The van der Waals surface area contributed by atoms with Gasteiger partial charge in [0, 0.05) is 12.6 Å². The Labute approximate surface area is 168 Å². The van der Waals surface area contributed by atoms with E-state index in [0.717, 1.165) is 29.7 Å². The number of carbonyl (C=O) groups excluding carboxylic acids is 1. The van der Waals surface area contributed by atoms with E-state index in [1.807, 2.05) is 6.92 Å². The second-order valence-corrected chi connectivity index (χ2v) is 8.62. The van der Waals surface area contributed by atoms with Crippen LogP contribution in [0.1, 0.15) is 40.3 Å². The van der Waals surface area contributed by atoms with Crippen molar-refractivity contribution in [1.29, 1.82) is 0 Å². The minimum atomic E-state index is -4.82. The van der Waals surface area contributed by atoms with Crippen molar-refractivity contribution in [3.63, 3.8) is 0 Å². The molecule has 0 aliphatic rings. The van der Waals surface area contributed by atoms with Crippen LogP contribution in [0, 0.1) is 34.6 Å². The van der Waals surface area contributed by atoms with E-state index in [1.54, 1.807) is 27.7 Å². The van der Waals surface area contributed by atoms with E-state index < -0.39 is 33.4 Å². The van der Waals surface area contributed by atoms with Crippen LogP contribution in [0.3, 0.4) is 0 Å². The van der Waals surface area contributed by atoms with E-state index in [1.165, 1.54) is 6.07 Å². The fourth-order valence-electron chi connectivity index (χ4n) is 3.21. The zero-order chi connectivity index (χ0) is 22.3. The summed E-state index contributed by atoms with van der Waals surface area (Å²) >= 11 is 0. The summed E-state index contributed by atoms with van der Waals surface area (Å²) in [6.07, 6.45) is -4.82. The molecule has 0 aromatic heterocycles. The number of alkyl halides is 3. The Bertz CT molecular complexity index is 1060. The number of carbonyl (C=O) groups is 1. The van der Waals surface area contributed by atoms with Gasteiger partial charge in [-0.2, -0.15) is 13.2 Å². The van der Waals surface area contributed by atoms with Gasteiger partial charge in [0.2, 0.25) is 5.91 Å². The third-order valence-corrected chi connectivity index (χ3v) is 6.73. The van der Waals surface area contributed by atoms with Gasteiger partial charge in [0.05, 0.1) is 16.1 Å². The zero-order valence-electron chi connectivity index (χ0n) is 17.0. The van der Waals surface area contributed by atoms with E-state index in [4.69, 9.17) is 0 Å². The molecule has 0 spiro atoms. The standard InChI is InChI=1S/C20H23F3N2O3S/c1-10-11(2)13(4)19(14(5)12(10)3)29(27,28)25-18-8-7-16(24-15(6)26)9-17(18)20(21,22)23/h7-9,25H,1-6H3,(H,24,26). The lowest BCUT2D eigenvalue weighted by Gasteiger charge is -2.21. The smallest absolute Gasteiger partial charge is 0.326 e. The third kappa shape index (κ3) is 4.55. The van der Waals surface area contributed by atoms with Crippen LogP contribution in [0.4, 0.5) is 24.5 Å². The molecule has 29 heavy (non-hydrogen) atoms. The molecule has 5 nitrogen and oxygen atoms in total. The van der Waals surface area contributed by atoms with Gasteiger partial charge in [0.15, 0.2) is 0 Å². The van der Waals surface area contributed by atoms with E-state index in [0.29, 0.717) is 17.2 Å². The van der Waals surface area contributed by atoms with Gasteiger partial charge in [-0.05, 0) is 80.6 Å². The van der Waals surface area contributed by atoms with E-state index in [2.05, 4.69) is 10.0 Å². The van der Waals surface area contributed by atoms with Crippen LogP contribution in [0.25, 0.3) is 0 Å². The molecule has 9 heteroatoms. The summed E-state index contributed by atoms with van der Waals surface area (Å²) in [7, 11) is -4.29. The van der Waals surface area contributed by atoms with Crippen molar-refractivity contribution in [3.05, 3.63) is 51.6 Å². The first-order chi connectivity index (χ1) is 13.2. The first-order valence-corrected chi connectivity index (χ1v) is 10.2. The Kier molecular flexibility index (Phi) is 6.04. The molecule has 0 unspecified atom stereocenters. The molecule has 0 saturated heterocycles. The molecule has 2 aromatic rings. The largest absolute Gasteiger partial charge is 0.418 e. The average Bonchev–Trinajstić information content (AvgIpc) is 2.58. The number of benzene rings is 2. The summed E-state index contributed by atoms with van der Waals surface area (Å²) in [5.74, 6) is -0.539. The monoisotopic (exact) mass is 428 g/mol. The highest BCUT2D eigenvalue weighted by molar-refractivity contribution is 7.92. The topological polar surface area (TPSA) is 75.3 Å². The molecule has 0 atom stereocenters. The summed E-state index contributed by atoms with van der Waals surface area (Å²) in [5.41, 5.74) is 1.57. The quantitative estimate of drug-likeness (QED) is 0.719. The van der Waals surface area contributed by atoms with Crippen LogP contribution >= 0.6 is 0 Å². The molecule has 2 rings (SSSR count). The van der Waals surface area contributed by atoms with Gasteiger partial charge in [0.1, 0.15) is 0 Å². The maximum atomic E-state index is 13.5. The molecule has 0 aliphatic carbocycles. The van der Waals surface area contributed by atoms with Gasteiger partial charge in [-0.1, -0.05) is 0 Å². The molecule has 0 radical (unpaired) electrons. The zero-order valence-corrected chi connectivity index (χ0v) is 17.8. The lowest BCUT2D eigenvalue weighted by atomic mass is 9.95. The normalized spacial score (nSPS) is 12.0. The summed E-state index contributed by atoms with van der Waals surface area (Å²) in [5, 5.41) is 2.26. The summed E-state index contributed by atoms with van der Waals surface area (Å²) in [4.78, 5) is 11.1. The molecule has 0 aliphatic heterocycles. The lowest BCUT2D eigenvalue weighted by molar-refractivity contribution is -0.136. The predicted octanol–water partition coefficient (Wildman–Crippen LogP) is 5.01. The number of sulfonamides is 1. The van der Waals surface area contributed by atoms with Crippen molar-refractivity contribution >= 4 is 27.3 Å². The van der Waals surface area contributed by atoms with Crippen molar-refractivity contribution in [2.45, 2.75) is 52.6 Å². The molecule has 1 amide bonds. The SMILES string of the molecule is CC(=O)Nc1ccc(NS(=O)(=O)c2c(C)c(C)c(C)c(C)c2C)c(C(F)(F)F)c1.